The third-order valence-corrected chi connectivity index (χ3v) is 11.8. The van der Waals surface area contributed by atoms with Crippen LogP contribution in [0.15, 0.2) is 29.2 Å². The smallest absolute Gasteiger partial charge is 0.359 e. The molecule has 1 aromatic heterocycles. The van der Waals surface area contributed by atoms with Crippen molar-refractivity contribution in [3.63, 3.8) is 0 Å². The second-order valence-corrected chi connectivity index (χ2v) is 14.9. The zero-order chi connectivity index (χ0) is 25.0. The fraction of sp³-hybridized carbons (Fsp3) is 0.583. The normalized spacial score (nSPS) is 32.1. The van der Waals surface area contributed by atoms with Crippen molar-refractivity contribution >= 4 is 61.6 Å². The summed E-state index contributed by atoms with van der Waals surface area (Å²) >= 11 is 4.80. The second kappa shape index (κ2) is 7.44. The van der Waals surface area contributed by atoms with Crippen LogP contribution in [0.25, 0.3) is 10.9 Å². The highest BCUT2D eigenvalue weighted by atomic mass is 32.2. The van der Waals surface area contributed by atoms with Crippen molar-refractivity contribution in [1.82, 2.24) is 9.71 Å². The van der Waals surface area contributed by atoms with Gasteiger partial charge in [0.15, 0.2) is 0 Å². The number of thiol groups is 1. The molecule has 3 aliphatic carbocycles. The van der Waals surface area contributed by atoms with E-state index in [-0.39, 0.29) is 33.8 Å². The van der Waals surface area contributed by atoms with Gasteiger partial charge in [0.25, 0.3) is 0 Å². The topological polar surface area (TPSA) is 91.4 Å². The molecule has 1 aromatic carbocycles. The van der Waals surface area contributed by atoms with Gasteiger partial charge < -0.3 is 13.8 Å². The van der Waals surface area contributed by atoms with E-state index in [0.717, 1.165) is 36.8 Å². The van der Waals surface area contributed by atoms with Gasteiger partial charge in [0.05, 0.1) is 41.0 Å². The standard InChI is InChI=1S/C24H31N5O3S2Si/c1-14-12-28(13-15(2)29(14,33)35)20-9-17(34(31,32)27-23(3)6-7-23)8-19-18(20)4-5-21(25-19)26-22(30)24-10-16(24)11-24/h4-5,8-9,14-16,27,33H,6-7,10-13H2,1-3H3,(H,25,26,30)/q+1/t14-,15-,16?,24?/m0/s1. The number of anilines is 2. The van der Waals surface area contributed by atoms with Crippen molar-refractivity contribution < 1.29 is 16.8 Å². The van der Waals surface area contributed by atoms with Gasteiger partial charge >= 0.3 is 10.4 Å². The molecule has 2 heterocycles. The Bertz CT molecular complexity index is 1340. The van der Waals surface area contributed by atoms with E-state index in [1.807, 2.05) is 19.1 Å². The van der Waals surface area contributed by atoms with Crippen molar-refractivity contribution in [2.45, 2.75) is 69.0 Å². The minimum absolute atomic E-state index is 0.0281. The first-order valence-electron chi connectivity index (χ1n) is 12.2. The Kier molecular flexibility index (Phi) is 5.04. The fourth-order valence-electron chi connectivity index (χ4n) is 5.26. The van der Waals surface area contributed by atoms with Crippen LogP contribution in [0.1, 0.15) is 46.5 Å². The van der Waals surface area contributed by atoms with Crippen LogP contribution in [0.5, 0.6) is 0 Å². The second-order valence-electron chi connectivity index (χ2n) is 11.4. The van der Waals surface area contributed by atoms with E-state index in [9.17, 15) is 13.2 Å². The molecule has 4 fully saturated rings. The van der Waals surface area contributed by atoms with Gasteiger partial charge in [0.2, 0.25) is 15.9 Å². The van der Waals surface area contributed by atoms with E-state index >= 15 is 0 Å². The molecule has 1 amide bonds. The summed E-state index contributed by atoms with van der Waals surface area (Å²) < 4.78 is 30.0. The number of sulfonamides is 1. The molecule has 3 saturated carbocycles. The minimum atomic E-state index is -3.73. The van der Waals surface area contributed by atoms with Gasteiger partial charge in [-0.25, -0.2) is 18.1 Å². The number of quaternary nitrogens is 1. The van der Waals surface area contributed by atoms with Crippen LogP contribution in [-0.4, -0.2) is 64.0 Å². The first-order valence-corrected chi connectivity index (χ1v) is 14.6. The van der Waals surface area contributed by atoms with Crippen LogP contribution in [0, 0.1) is 11.3 Å². The van der Waals surface area contributed by atoms with E-state index in [0.29, 0.717) is 33.9 Å². The number of carbonyl (C=O) groups excluding carboxylic acids is 1. The monoisotopic (exact) mass is 529 g/mol. The van der Waals surface area contributed by atoms with Gasteiger partial charge in [-0.3, -0.25) is 4.79 Å². The lowest BCUT2D eigenvalue weighted by Crippen LogP contribution is -2.63. The Morgan fingerprint density at radius 3 is 2.40 bits per heavy atom. The van der Waals surface area contributed by atoms with Crippen LogP contribution < -0.4 is 14.9 Å². The summed E-state index contributed by atoms with van der Waals surface area (Å²) in [7, 11) is 0.0592. The quantitative estimate of drug-likeness (QED) is 0.395. The predicted octanol–water partition coefficient (Wildman–Crippen LogP) is 2.76. The number of carbonyl (C=O) groups is 1. The third kappa shape index (κ3) is 3.99. The van der Waals surface area contributed by atoms with Crippen molar-refractivity contribution in [3.8, 4) is 0 Å². The van der Waals surface area contributed by atoms with Gasteiger partial charge in [-0.15, -0.1) is 0 Å². The molecule has 0 bridgehead atoms. The summed E-state index contributed by atoms with van der Waals surface area (Å²) in [6, 6.07) is 7.46. The van der Waals surface area contributed by atoms with Crippen LogP contribution >= 0.6 is 12.8 Å². The number of nitrogens with zero attached hydrogens (tertiary/aromatic N) is 3. The number of piperazine rings is 1. The van der Waals surface area contributed by atoms with E-state index < -0.39 is 10.0 Å². The van der Waals surface area contributed by atoms with Crippen molar-refractivity contribution in [2.75, 3.05) is 23.3 Å². The molecule has 35 heavy (non-hydrogen) atoms. The Morgan fingerprint density at radius 2 is 1.83 bits per heavy atom. The van der Waals surface area contributed by atoms with Gasteiger partial charge in [-0.05, 0) is 76.6 Å². The Hall–Kier alpha value is -1.66. The lowest BCUT2D eigenvalue weighted by Gasteiger charge is -2.48. The van der Waals surface area contributed by atoms with E-state index in [2.05, 4.69) is 39.2 Å². The lowest BCUT2D eigenvalue weighted by atomic mass is 10.1. The largest absolute Gasteiger partial charge is 0.463 e. The maximum Gasteiger partial charge on any atom is 0.463 e. The average molecular weight is 530 g/mol. The maximum atomic E-state index is 13.4. The fourth-order valence-corrected chi connectivity index (χ4v) is 7.07. The van der Waals surface area contributed by atoms with Gasteiger partial charge in [0, 0.05) is 29.4 Å². The zero-order valence-corrected chi connectivity index (χ0v) is 22.9. The Morgan fingerprint density at radius 1 is 1.20 bits per heavy atom. The predicted molar refractivity (Wildman–Crippen MR) is 140 cm³/mol. The summed E-state index contributed by atoms with van der Waals surface area (Å²) in [5.74, 6) is 1.03. The molecule has 8 nitrogen and oxygen atoms in total. The van der Waals surface area contributed by atoms with Gasteiger partial charge in [-0.1, -0.05) is 0 Å². The number of aromatic nitrogens is 1. The molecule has 11 heteroatoms. The molecule has 3 radical (unpaired) electrons. The number of benzene rings is 1. The van der Waals surface area contributed by atoms with Crippen molar-refractivity contribution in [2.24, 2.45) is 11.3 Å². The van der Waals surface area contributed by atoms with Crippen LogP contribution in [0.4, 0.5) is 11.5 Å². The molecule has 0 spiro atoms. The Labute approximate surface area is 215 Å². The van der Waals surface area contributed by atoms with Crippen molar-refractivity contribution in [1.29, 1.82) is 0 Å². The summed E-state index contributed by atoms with van der Waals surface area (Å²) in [6.07, 6.45) is 3.59. The first kappa shape index (κ1) is 23.7. The molecular formula is C24H31N5O3S2Si+. The summed E-state index contributed by atoms with van der Waals surface area (Å²) in [5, 5.41) is 3.82. The molecule has 0 unspecified atom stereocenters. The molecule has 1 aliphatic heterocycles. The number of pyridine rings is 1. The third-order valence-electron chi connectivity index (χ3n) is 8.48. The number of fused-ring (bicyclic) bond motifs is 2. The van der Waals surface area contributed by atoms with Gasteiger partial charge in [-0.2, -0.15) is 0 Å². The molecule has 1 saturated heterocycles. The van der Waals surface area contributed by atoms with Crippen LogP contribution in [0.2, 0.25) is 0 Å². The minimum Gasteiger partial charge on any atom is -0.359 e. The molecule has 2 N–H and O–H groups in total. The SMILES string of the molecule is C[C@H]1CN(c2cc(S(=O)(=O)NC3(C)CC3)cc3nc(NC(=O)C45CC4C5)ccc23)C[C@H](C)[N+]1([Si])S. The highest BCUT2D eigenvalue weighted by Gasteiger charge is 2.74. The maximum absolute atomic E-state index is 13.4. The van der Waals surface area contributed by atoms with E-state index in [4.69, 9.17) is 17.8 Å². The zero-order valence-electron chi connectivity index (χ0n) is 20.2. The molecule has 2 aromatic rings. The summed E-state index contributed by atoms with van der Waals surface area (Å²) in [4.78, 5) is 19.8. The lowest BCUT2D eigenvalue weighted by molar-refractivity contribution is -0.727. The first-order chi connectivity index (χ1) is 16.3. The number of hydrogen-bond acceptors (Lipinski definition) is 6. The van der Waals surface area contributed by atoms with Gasteiger partial charge in [0.1, 0.15) is 5.82 Å². The highest BCUT2D eigenvalue weighted by molar-refractivity contribution is 7.89. The van der Waals surface area contributed by atoms with E-state index in [1.54, 1.807) is 12.1 Å². The molecular weight excluding hydrogens is 499 g/mol. The Balaban J connectivity index is 1.41. The van der Waals surface area contributed by atoms with Crippen molar-refractivity contribution in [3.05, 3.63) is 24.3 Å². The molecule has 185 valence electrons. The number of amides is 1. The highest BCUT2D eigenvalue weighted by Crippen LogP contribution is 2.75. The summed E-state index contributed by atoms with van der Waals surface area (Å²) in [5.41, 5.74) is 0.840. The number of nitrogens with one attached hydrogen (secondary N) is 2. The summed E-state index contributed by atoms with van der Waals surface area (Å²) in [6.45, 7) is 7.56. The van der Waals surface area contributed by atoms with E-state index in [1.165, 1.54) is 0 Å². The molecule has 6 rings (SSSR count). The number of hydrogen-bond donors (Lipinski definition) is 3. The molecule has 4 aliphatic rings. The number of rotatable bonds is 6. The van der Waals surface area contributed by atoms with Crippen LogP contribution in [-0.2, 0) is 14.8 Å². The van der Waals surface area contributed by atoms with Crippen LogP contribution in [0.3, 0.4) is 0 Å². The average Bonchev–Trinajstić information content (AvgIpc) is 3.68. The molecule has 2 atom stereocenters.